The van der Waals surface area contributed by atoms with Crippen molar-refractivity contribution in [3.05, 3.63) is 28.2 Å². The molecule has 3 nitrogen and oxygen atoms in total. The van der Waals surface area contributed by atoms with Crippen LogP contribution in [0.1, 0.15) is 44.1 Å². The third kappa shape index (κ3) is 3.61. The van der Waals surface area contributed by atoms with Crippen LogP contribution in [0.25, 0.3) is 0 Å². The number of ether oxygens (including phenoxy) is 2. The van der Waals surface area contributed by atoms with Gasteiger partial charge >= 0.3 is 0 Å². The Hall–Kier alpha value is -0.580. The van der Waals surface area contributed by atoms with Gasteiger partial charge < -0.3 is 15.2 Å². The van der Waals surface area contributed by atoms with E-state index >= 15 is 0 Å². The summed E-state index contributed by atoms with van der Waals surface area (Å²) in [5, 5.41) is 0. The number of nitrogens with two attached hydrogens (primary N) is 1. The van der Waals surface area contributed by atoms with Gasteiger partial charge in [-0.05, 0) is 72.3 Å². The highest BCUT2D eigenvalue weighted by atomic mass is 79.9. The van der Waals surface area contributed by atoms with E-state index < -0.39 is 0 Å². The standard InChI is InChI=1S/C17H24BrNO2/c18-15-11-13(6-10-19)3-4-16(15)20-12-14-5-9-17(21-14)7-1-2-8-17/h3-4,11,14H,1-2,5-10,12,19H2. The molecule has 1 aromatic carbocycles. The van der Waals surface area contributed by atoms with Gasteiger partial charge in [0.25, 0.3) is 0 Å². The Morgan fingerprint density at radius 3 is 2.81 bits per heavy atom. The summed E-state index contributed by atoms with van der Waals surface area (Å²) < 4.78 is 13.2. The van der Waals surface area contributed by atoms with Crippen molar-refractivity contribution in [1.82, 2.24) is 0 Å². The normalized spacial score (nSPS) is 23.8. The molecular formula is C17H24BrNO2. The summed E-state index contributed by atoms with van der Waals surface area (Å²) in [5.41, 5.74) is 7.01. The molecule has 1 heterocycles. The molecule has 0 radical (unpaired) electrons. The minimum Gasteiger partial charge on any atom is -0.490 e. The Balaban J connectivity index is 1.53. The Labute approximate surface area is 135 Å². The maximum Gasteiger partial charge on any atom is 0.133 e. The molecule has 1 aliphatic carbocycles. The third-order valence-corrected chi connectivity index (χ3v) is 5.33. The van der Waals surface area contributed by atoms with E-state index in [1.54, 1.807) is 0 Å². The van der Waals surface area contributed by atoms with Gasteiger partial charge in [0.15, 0.2) is 0 Å². The first kappa shape index (κ1) is 15.3. The zero-order chi connectivity index (χ0) is 14.7. The molecule has 0 aromatic heterocycles. The highest BCUT2D eigenvalue weighted by Gasteiger charge is 2.42. The summed E-state index contributed by atoms with van der Waals surface area (Å²) in [7, 11) is 0. The van der Waals surface area contributed by atoms with Gasteiger partial charge in [0, 0.05) is 0 Å². The van der Waals surface area contributed by atoms with Crippen molar-refractivity contribution in [2.75, 3.05) is 13.2 Å². The van der Waals surface area contributed by atoms with Crippen LogP contribution in [0.3, 0.4) is 0 Å². The quantitative estimate of drug-likeness (QED) is 0.874. The van der Waals surface area contributed by atoms with E-state index in [2.05, 4.69) is 28.1 Å². The van der Waals surface area contributed by atoms with E-state index in [0.29, 0.717) is 13.2 Å². The molecule has 1 saturated heterocycles. The molecule has 21 heavy (non-hydrogen) atoms. The number of hydrogen-bond acceptors (Lipinski definition) is 3. The molecule has 4 heteroatoms. The van der Waals surface area contributed by atoms with Crippen LogP contribution >= 0.6 is 15.9 Å². The molecule has 0 bridgehead atoms. The maximum absolute atomic E-state index is 6.28. The number of hydrogen-bond donors (Lipinski definition) is 1. The third-order valence-electron chi connectivity index (χ3n) is 4.71. The molecule has 0 amide bonds. The second-order valence-electron chi connectivity index (χ2n) is 6.28. The highest BCUT2D eigenvalue weighted by molar-refractivity contribution is 9.10. The summed E-state index contributed by atoms with van der Waals surface area (Å²) in [6.07, 6.45) is 8.60. The van der Waals surface area contributed by atoms with Crippen molar-refractivity contribution < 1.29 is 9.47 Å². The predicted octanol–water partition coefficient (Wildman–Crippen LogP) is 3.82. The molecule has 116 valence electrons. The van der Waals surface area contributed by atoms with Gasteiger partial charge in [0.1, 0.15) is 12.4 Å². The SMILES string of the molecule is NCCc1ccc(OCC2CCC3(CCCC3)O2)c(Br)c1. The van der Waals surface area contributed by atoms with Crippen LogP contribution in [0.5, 0.6) is 5.75 Å². The van der Waals surface area contributed by atoms with Crippen molar-refractivity contribution in [2.24, 2.45) is 5.73 Å². The molecule has 3 rings (SSSR count). The number of benzene rings is 1. The molecule has 1 aliphatic heterocycles. The van der Waals surface area contributed by atoms with Gasteiger partial charge in [-0.3, -0.25) is 0 Å². The molecule has 2 aliphatic rings. The van der Waals surface area contributed by atoms with E-state index in [0.717, 1.165) is 23.1 Å². The zero-order valence-corrected chi connectivity index (χ0v) is 14.0. The van der Waals surface area contributed by atoms with E-state index in [9.17, 15) is 0 Å². The summed E-state index contributed by atoms with van der Waals surface area (Å²) in [5.74, 6) is 0.895. The first-order valence-electron chi connectivity index (χ1n) is 8.00. The minimum absolute atomic E-state index is 0.191. The van der Waals surface area contributed by atoms with Crippen molar-refractivity contribution in [3.63, 3.8) is 0 Å². The van der Waals surface area contributed by atoms with Gasteiger partial charge in [0.05, 0.1) is 16.2 Å². The predicted molar refractivity (Wildman–Crippen MR) is 87.7 cm³/mol. The maximum atomic E-state index is 6.28. The Morgan fingerprint density at radius 1 is 1.29 bits per heavy atom. The van der Waals surface area contributed by atoms with Crippen molar-refractivity contribution >= 4 is 15.9 Å². The van der Waals surface area contributed by atoms with Crippen LogP contribution in [-0.2, 0) is 11.2 Å². The van der Waals surface area contributed by atoms with E-state index in [1.165, 1.54) is 37.7 Å². The van der Waals surface area contributed by atoms with Crippen molar-refractivity contribution in [3.8, 4) is 5.75 Å². The molecule has 1 aromatic rings. The molecule has 1 unspecified atom stereocenters. The number of halogens is 1. The Morgan fingerprint density at radius 2 is 2.10 bits per heavy atom. The van der Waals surface area contributed by atoms with E-state index in [-0.39, 0.29) is 11.7 Å². The van der Waals surface area contributed by atoms with Crippen LogP contribution in [0.15, 0.2) is 22.7 Å². The first-order valence-corrected chi connectivity index (χ1v) is 8.79. The Kier molecular flexibility index (Phi) is 4.87. The number of rotatable bonds is 5. The Bertz CT molecular complexity index is 486. The van der Waals surface area contributed by atoms with Gasteiger partial charge in [-0.15, -0.1) is 0 Å². The lowest BCUT2D eigenvalue weighted by molar-refractivity contribution is -0.0509. The van der Waals surface area contributed by atoms with Crippen LogP contribution in [-0.4, -0.2) is 24.9 Å². The smallest absolute Gasteiger partial charge is 0.133 e. The first-order chi connectivity index (χ1) is 10.2. The lowest BCUT2D eigenvalue weighted by Gasteiger charge is -2.23. The van der Waals surface area contributed by atoms with Crippen LogP contribution in [0.2, 0.25) is 0 Å². The van der Waals surface area contributed by atoms with Gasteiger partial charge in [-0.25, -0.2) is 0 Å². The minimum atomic E-state index is 0.191. The highest BCUT2D eigenvalue weighted by Crippen LogP contribution is 2.43. The van der Waals surface area contributed by atoms with Crippen molar-refractivity contribution in [2.45, 2.75) is 56.7 Å². The zero-order valence-electron chi connectivity index (χ0n) is 12.4. The molecule has 2 N–H and O–H groups in total. The second kappa shape index (κ2) is 6.67. The van der Waals surface area contributed by atoms with Gasteiger partial charge in [-0.2, -0.15) is 0 Å². The molecule has 1 atom stereocenters. The topological polar surface area (TPSA) is 44.5 Å². The van der Waals surface area contributed by atoms with Gasteiger partial charge in [0.2, 0.25) is 0 Å². The summed E-state index contributed by atoms with van der Waals surface area (Å²) in [6.45, 7) is 1.32. The fraction of sp³-hybridized carbons (Fsp3) is 0.647. The lowest BCUT2D eigenvalue weighted by Crippen LogP contribution is -2.27. The lowest BCUT2D eigenvalue weighted by atomic mass is 9.98. The van der Waals surface area contributed by atoms with Crippen LogP contribution in [0, 0.1) is 0 Å². The summed E-state index contributed by atoms with van der Waals surface area (Å²) in [4.78, 5) is 0. The summed E-state index contributed by atoms with van der Waals surface area (Å²) in [6, 6.07) is 6.20. The molecule has 2 fully saturated rings. The summed E-state index contributed by atoms with van der Waals surface area (Å²) >= 11 is 3.58. The largest absolute Gasteiger partial charge is 0.490 e. The second-order valence-corrected chi connectivity index (χ2v) is 7.14. The molecule has 1 saturated carbocycles. The van der Waals surface area contributed by atoms with Crippen molar-refractivity contribution in [1.29, 1.82) is 0 Å². The van der Waals surface area contributed by atoms with Gasteiger partial charge in [-0.1, -0.05) is 18.9 Å². The monoisotopic (exact) mass is 353 g/mol. The molecular weight excluding hydrogens is 330 g/mol. The fourth-order valence-electron chi connectivity index (χ4n) is 3.57. The van der Waals surface area contributed by atoms with Crippen LogP contribution < -0.4 is 10.5 Å². The fourth-order valence-corrected chi connectivity index (χ4v) is 4.11. The van der Waals surface area contributed by atoms with Crippen LogP contribution in [0.4, 0.5) is 0 Å². The molecule has 1 spiro atoms. The average Bonchev–Trinajstić information content (AvgIpc) is 3.09. The van der Waals surface area contributed by atoms with E-state index in [1.807, 2.05) is 6.07 Å². The van der Waals surface area contributed by atoms with E-state index in [4.69, 9.17) is 15.2 Å². The average molecular weight is 354 g/mol.